The maximum Gasteiger partial charge on any atom is 0.323 e. The highest BCUT2D eigenvalue weighted by Crippen LogP contribution is 2.64. The largest absolute Gasteiger partial charge is 0.458 e. The second kappa shape index (κ2) is 8.42. The van der Waals surface area contributed by atoms with Gasteiger partial charge >= 0.3 is 5.97 Å². The number of amides is 1. The van der Waals surface area contributed by atoms with Gasteiger partial charge in [0.25, 0.3) is 0 Å². The van der Waals surface area contributed by atoms with Crippen molar-refractivity contribution in [1.29, 1.82) is 5.26 Å². The molecule has 0 aromatic heterocycles. The molecule has 4 bridgehead atoms. The Morgan fingerprint density at radius 2 is 1.91 bits per heavy atom. The van der Waals surface area contributed by atoms with Crippen molar-refractivity contribution in [3.8, 4) is 6.07 Å². The molecule has 1 heterocycles. The number of piperidine rings is 1. The summed E-state index contributed by atoms with van der Waals surface area (Å²) in [5, 5.41) is 9.59. The van der Waals surface area contributed by atoms with E-state index in [1.807, 2.05) is 23.9 Å². The van der Waals surface area contributed by atoms with Crippen LogP contribution >= 0.6 is 11.8 Å². The molecule has 0 aromatic rings. The number of hydrogen-bond acceptors (Lipinski definition) is 7. The Kier molecular flexibility index (Phi) is 5.98. The number of fused-ring (bicyclic) bond motifs is 1. The molecular formula is C25H38N4O3S. The van der Waals surface area contributed by atoms with E-state index in [1.165, 1.54) is 0 Å². The first-order valence-corrected chi connectivity index (χ1v) is 14.0. The summed E-state index contributed by atoms with van der Waals surface area (Å²) < 4.78 is 6.40. The minimum atomic E-state index is -0.613. The summed E-state index contributed by atoms with van der Waals surface area (Å²) >= 11 is 1.74. The molecular weight excluding hydrogens is 436 g/mol. The van der Waals surface area contributed by atoms with E-state index >= 15 is 0 Å². The van der Waals surface area contributed by atoms with Gasteiger partial charge < -0.3 is 15.4 Å². The Bertz CT molecular complexity index is 843. The molecule has 5 aliphatic carbocycles. The van der Waals surface area contributed by atoms with Crippen LogP contribution in [0.15, 0.2) is 0 Å². The molecule has 5 saturated carbocycles. The number of carbonyl (C=O) groups is 2. The number of rotatable bonds is 8. The van der Waals surface area contributed by atoms with Gasteiger partial charge in [-0.25, -0.2) is 0 Å². The van der Waals surface area contributed by atoms with Gasteiger partial charge in [0.05, 0.1) is 12.1 Å². The van der Waals surface area contributed by atoms with Crippen LogP contribution in [0.1, 0.15) is 57.8 Å². The highest BCUT2D eigenvalue weighted by molar-refractivity contribution is 7.98. The maximum absolute atomic E-state index is 13.6. The number of likely N-dealkylation sites (tertiary alicyclic amines) is 1. The van der Waals surface area contributed by atoms with Crippen molar-refractivity contribution >= 4 is 23.6 Å². The smallest absolute Gasteiger partial charge is 0.323 e. The minimum absolute atomic E-state index is 0.0406. The fourth-order valence-electron chi connectivity index (χ4n) is 8.14. The van der Waals surface area contributed by atoms with Crippen molar-refractivity contribution in [3.63, 3.8) is 0 Å². The van der Waals surface area contributed by atoms with Crippen molar-refractivity contribution in [3.05, 3.63) is 0 Å². The number of nitriles is 1. The molecule has 9 atom stereocenters. The van der Waals surface area contributed by atoms with E-state index in [2.05, 4.69) is 12.3 Å². The summed E-state index contributed by atoms with van der Waals surface area (Å²) in [4.78, 5) is 30.7. The number of likely N-dealkylation sites (N-methyl/N-ethyl adjacent to an activating group) is 1. The SMILES string of the molecule is CSCC[C@@H](C(=O)OC12CC3C[C@H](C1)CC([C@H](N)C(=O)N1C4CC4C[C@H]1C#N)(C3)C2)N(C)C. The molecule has 0 aromatic carbocycles. The number of thioether (sulfide) groups is 1. The van der Waals surface area contributed by atoms with Crippen LogP contribution in [0, 0.1) is 34.5 Å². The Balaban J connectivity index is 1.35. The fourth-order valence-corrected chi connectivity index (χ4v) is 8.60. The van der Waals surface area contributed by atoms with E-state index in [-0.39, 0.29) is 35.4 Å². The van der Waals surface area contributed by atoms with Crippen molar-refractivity contribution in [2.75, 3.05) is 26.1 Å². The average Bonchev–Trinajstić information content (AvgIpc) is 3.41. The first-order valence-electron chi connectivity index (χ1n) is 12.6. The zero-order valence-corrected chi connectivity index (χ0v) is 21.0. The van der Waals surface area contributed by atoms with Gasteiger partial charge in [0, 0.05) is 6.04 Å². The number of esters is 1. The number of ether oxygens (including phenoxy) is 1. The first kappa shape index (κ1) is 23.4. The lowest BCUT2D eigenvalue weighted by Crippen LogP contribution is -2.66. The Hall–Kier alpha value is -1.30. The molecule has 6 rings (SSSR count). The zero-order chi connectivity index (χ0) is 23.5. The lowest BCUT2D eigenvalue weighted by Gasteiger charge is -2.62. The molecule has 0 spiro atoms. The van der Waals surface area contributed by atoms with Gasteiger partial charge in [-0.05, 0) is 107 Å². The van der Waals surface area contributed by atoms with Gasteiger partial charge in [-0.1, -0.05) is 0 Å². The van der Waals surface area contributed by atoms with E-state index in [0.29, 0.717) is 24.2 Å². The molecule has 6 fully saturated rings. The third-order valence-corrected chi connectivity index (χ3v) is 9.94. The molecule has 0 radical (unpaired) electrons. The standard InChI is InChI=1S/C25H38N4O3S/c1-28(2)19(4-5-33-3)23(31)32-25-11-15-6-16(12-25)10-24(9-15,14-25)21(27)22(30)29-18(13-26)7-17-8-20(17)29/h15-21H,4-12,14,27H2,1-3H3/t15-,16?,17?,18-,19-,20?,21+,24?,25?/m0/s1. The second-order valence-electron chi connectivity index (χ2n) is 11.9. The molecule has 1 aliphatic heterocycles. The molecule has 5 unspecified atom stereocenters. The van der Waals surface area contributed by atoms with Gasteiger partial charge in [-0.2, -0.15) is 17.0 Å². The van der Waals surface area contributed by atoms with Gasteiger partial charge in [-0.15, -0.1) is 0 Å². The van der Waals surface area contributed by atoms with Crippen molar-refractivity contribution in [1.82, 2.24) is 9.80 Å². The first-order chi connectivity index (χ1) is 15.7. The molecule has 182 valence electrons. The number of hydrogen-bond donors (Lipinski definition) is 1. The van der Waals surface area contributed by atoms with E-state index in [4.69, 9.17) is 10.5 Å². The minimum Gasteiger partial charge on any atom is -0.458 e. The van der Waals surface area contributed by atoms with Gasteiger partial charge in [-0.3, -0.25) is 14.5 Å². The van der Waals surface area contributed by atoms with Crippen LogP contribution in [-0.4, -0.2) is 77.5 Å². The lowest BCUT2D eigenvalue weighted by molar-refractivity contribution is -0.209. The van der Waals surface area contributed by atoms with Gasteiger partial charge in [0.2, 0.25) is 5.91 Å². The van der Waals surface area contributed by atoms with Crippen LogP contribution in [0.25, 0.3) is 0 Å². The van der Waals surface area contributed by atoms with Crippen LogP contribution < -0.4 is 5.73 Å². The predicted octanol–water partition coefficient (Wildman–Crippen LogP) is 2.39. The second-order valence-corrected chi connectivity index (χ2v) is 12.8. The van der Waals surface area contributed by atoms with Crippen molar-refractivity contribution in [2.24, 2.45) is 28.9 Å². The van der Waals surface area contributed by atoms with Gasteiger partial charge in [0.1, 0.15) is 17.7 Å². The van der Waals surface area contributed by atoms with E-state index in [1.54, 1.807) is 11.8 Å². The average molecular weight is 475 g/mol. The number of nitrogens with two attached hydrogens (primary N) is 1. The zero-order valence-electron chi connectivity index (χ0n) is 20.2. The Labute approximate surface area is 201 Å². The highest BCUT2D eigenvalue weighted by Gasteiger charge is 2.64. The van der Waals surface area contributed by atoms with Crippen molar-refractivity contribution in [2.45, 2.75) is 87.6 Å². The quantitative estimate of drug-likeness (QED) is 0.539. The molecule has 33 heavy (non-hydrogen) atoms. The highest BCUT2D eigenvalue weighted by atomic mass is 32.2. The molecule has 1 amide bonds. The number of carbonyl (C=O) groups excluding carboxylic acids is 2. The normalized spacial score (nSPS) is 42.1. The molecule has 7 nitrogen and oxygen atoms in total. The third kappa shape index (κ3) is 3.98. The third-order valence-electron chi connectivity index (χ3n) is 9.29. The molecule has 2 N–H and O–H groups in total. The summed E-state index contributed by atoms with van der Waals surface area (Å²) in [6.45, 7) is 0. The summed E-state index contributed by atoms with van der Waals surface area (Å²) in [5.74, 6) is 2.15. The van der Waals surface area contributed by atoms with E-state index in [0.717, 1.165) is 57.1 Å². The van der Waals surface area contributed by atoms with E-state index in [9.17, 15) is 14.9 Å². The predicted molar refractivity (Wildman–Crippen MR) is 127 cm³/mol. The molecule has 1 saturated heterocycles. The summed E-state index contributed by atoms with van der Waals surface area (Å²) in [6, 6.07) is 1.36. The maximum atomic E-state index is 13.6. The summed E-state index contributed by atoms with van der Waals surface area (Å²) in [6.07, 6.45) is 10.2. The number of nitrogens with zero attached hydrogens (tertiary/aromatic N) is 3. The van der Waals surface area contributed by atoms with Crippen molar-refractivity contribution < 1.29 is 14.3 Å². The molecule has 8 heteroatoms. The Morgan fingerprint density at radius 1 is 1.21 bits per heavy atom. The summed E-state index contributed by atoms with van der Waals surface area (Å²) in [7, 11) is 3.88. The van der Waals surface area contributed by atoms with E-state index < -0.39 is 11.6 Å². The van der Waals surface area contributed by atoms with Crippen LogP contribution in [0.2, 0.25) is 0 Å². The summed E-state index contributed by atoms with van der Waals surface area (Å²) in [5.41, 5.74) is 6.00. The monoisotopic (exact) mass is 474 g/mol. The topological polar surface area (TPSA) is 99.7 Å². The molecule has 6 aliphatic rings. The van der Waals surface area contributed by atoms with Crippen LogP contribution in [0.4, 0.5) is 0 Å². The van der Waals surface area contributed by atoms with Crippen LogP contribution in [0.5, 0.6) is 0 Å². The van der Waals surface area contributed by atoms with Crippen LogP contribution in [0.3, 0.4) is 0 Å². The Morgan fingerprint density at radius 3 is 2.52 bits per heavy atom. The van der Waals surface area contributed by atoms with Crippen LogP contribution in [-0.2, 0) is 14.3 Å². The lowest BCUT2D eigenvalue weighted by atomic mass is 9.46. The fraction of sp³-hybridized carbons (Fsp3) is 0.880. The van der Waals surface area contributed by atoms with Gasteiger partial charge in [0.15, 0.2) is 0 Å².